The maximum atomic E-state index is 11.7. The molecule has 0 aliphatic carbocycles. The fraction of sp³-hybridized carbons (Fsp3) is 0.474. The van der Waals surface area contributed by atoms with Gasteiger partial charge in [-0.25, -0.2) is 14.8 Å². The molecule has 3 rings (SSSR count). The number of hydrogen-bond donors (Lipinski definition) is 3. The Balaban J connectivity index is 1.48. The second kappa shape index (κ2) is 9.76. The maximum absolute atomic E-state index is 11.7. The molecule has 1 saturated heterocycles. The summed E-state index contributed by atoms with van der Waals surface area (Å²) in [4.78, 5) is 22.2. The summed E-state index contributed by atoms with van der Waals surface area (Å²) < 4.78 is 10.2. The van der Waals surface area contributed by atoms with Gasteiger partial charge in [0.1, 0.15) is 18.1 Å². The van der Waals surface area contributed by atoms with E-state index in [-0.39, 0.29) is 12.1 Å². The van der Waals surface area contributed by atoms with Crippen LogP contribution in [0.4, 0.5) is 4.79 Å². The summed E-state index contributed by atoms with van der Waals surface area (Å²) in [5.41, 5.74) is 6.89. The highest BCUT2D eigenvalue weighted by molar-refractivity contribution is 5.78. The van der Waals surface area contributed by atoms with Crippen LogP contribution < -0.4 is 15.8 Å². The fourth-order valence-corrected chi connectivity index (χ4v) is 3.07. The smallest absolute Gasteiger partial charge is 0.409 e. The van der Waals surface area contributed by atoms with Gasteiger partial charge in [0.2, 0.25) is 0 Å². The van der Waals surface area contributed by atoms with Crippen LogP contribution in [0.5, 0.6) is 5.75 Å². The topological polar surface area (TPSA) is 131 Å². The summed E-state index contributed by atoms with van der Waals surface area (Å²) in [5, 5.41) is 10.3. The monoisotopic (exact) mass is 401 g/mol. The number of ether oxygens (including phenoxy) is 2. The number of benzene rings is 1. The van der Waals surface area contributed by atoms with E-state index in [4.69, 9.17) is 15.2 Å². The third-order valence-corrected chi connectivity index (χ3v) is 4.65. The van der Waals surface area contributed by atoms with E-state index in [9.17, 15) is 4.79 Å². The number of carbonyl (C=O) groups is 1. The molecular formula is C19H27N7O3. The molecule has 2 aromatic rings. The Hall–Kier alpha value is -3.30. The van der Waals surface area contributed by atoms with Gasteiger partial charge in [-0.2, -0.15) is 5.10 Å². The molecule has 10 heteroatoms. The third kappa shape index (κ3) is 5.59. The molecule has 10 nitrogen and oxygen atoms in total. The van der Waals surface area contributed by atoms with Crippen LogP contribution in [0.2, 0.25) is 0 Å². The minimum absolute atomic E-state index is 0.175. The molecule has 2 heterocycles. The lowest BCUT2D eigenvalue weighted by atomic mass is 10.1. The van der Waals surface area contributed by atoms with Crippen molar-refractivity contribution in [2.75, 3.05) is 26.8 Å². The molecule has 4 N–H and O–H groups in total. The number of piperidine rings is 1. The number of rotatable bonds is 6. The molecule has 1 amide bonds. The normalized spacial score (nSPS) is 15.2. The predicted octanol–water partition coefficient (Wildman–Crippen LogP) is 1.51. The number of hydrogen-bond acceptors (Lipinski definition) is 6. The number of carbonyl (C=O) groups excluding carboxylic acids is 1. The number of nitrogens with zero attached hydrogens (tertiary/aromatic N) is 4. The predicted molar refractivity (Wildman–Crippen MR) is 108 cm³/mol. The van der Waals surface area contributed by atoms with Crippen LogP contribution in [0.3, 0.4) is 0 Å². The largest absolute Gasteiger partial charge is 0.497 e. The van der Waals surface area contributed by atoms with Gasteiger partial charge in [0.15, 0.2) is 11.8 Å². The minimum Gasteiger partial charge on any atom is -0.497 e. The lowest BCUT2D eigenvalue weighted by Gasteiger charge is -2.31. The van der Waals surface area contributed by atoms with Crippen LogP contribution in [-0.2, 0) is 11.3 Å². The van der Waals surface area contributed by atoms with E-state index in [0.717, 1.165) is 24.2 Å². The highest BCUT2D eigenvalue weighted by Gasteiger charge is 2.23. The number of guanidine groups is 1. The zero-order chi connectivity index (χ0) is 20.6. The van der Waals surface area contributed by atoms with E-state index in [2.05, 4.69) is 25.5 Å². The van der Waals surface area contributed by atoms with Crippen LogP contribution in [0.1, 0.15) is 25.6 Å². The van der Waals surface area contributed by atoms with Crippen molar-refractivity contribution < 1.29 is 14.3 Å². The molecular weight excluding hydrogens is 374 g/mol. The highest BCUT2D eigenvalue weighted by atomic mass is 16.6. The van der Waals surface area contributed by atoms with Crippen LogP contribution in [0, 0.1) is 0 Å². The zero-order valence-electron chi connectivity index (χ0n) is 16.7. The molecule has 0 spiro atoms. The lowest BCUT2D eigenvalue weighted by Crippen LogP contribution is -2.48. The number of nitrogens with two attached hydrogens (primary N) is 1. The molecule has 0 saturated carbocycles. The van der Waals surface area contributed by atoms with Gasteiger partial charge in [-0.1, -0.05) is 0 Å². The second-order valence-corrected chi connectivity index (χ2v) is 6.64. The maximum Gasteiger partial charge on any atom is 0.409 e. The molecule has 29 heavy (non-hydrogen) atoms. The Kier molecular flexibility index (Phi) is 6.88. The molecule has 0 atom stereocenters. The minimum atomic E-state index is -0.259. The Bertz CT molecular complexity index is 827. The third-order valence-electron chi connectivity index (χ3n) is 4.65. The standard InChI is InChI=1S/C19H27N7O3/c1-3-29-19(27)26-10-8-14(9-11-26)22-18(20)21-12-16-23-17(25-24-16)13-4-6-15(28-2)7-5-13/h4-7,14H,3,8-12H2,1-2H3,(H3,20,21,22)(H,23,24,25). The van der Waals surface area contributed by atoms with Gasteiger partial charge >= 0.3 is 6.09 Å². The van der Waals surface area contributed by atoms with Gasteiger partial charge in [0.25, 0.3) is 0 Å². The fourth-order valence-electron chi connectivity index (χ4n) is 3.07. The van der Waals surface area contributed by atoms with Crippen molar-refractivity contribution in [3.8, 4) is 17.1 Å². The number of nitrogens with one attached hydrogen (secondary N) is 2. The van der Waals surface area contributed by atoms with E-state index in [0.29, 0.717) is 43.8 Å². The number of likely N-dealkylation sites (tertiary alicyclic amines) is 1. The van der Waals surface area contributed by atoms with Gasteiger partial charge < -0.3 is 25.4 Å². The molecule has 1 aliphatic rings. The molecule has 156 valence electrons. The molecule has 1 aromatic heterocycles. The van der Waals surface area contributed by atoms with Gasteiger partial charge in [0, 0.05) is 24.7 Å². The van der Waals surface area contributed by atoms with Crippen molar-refractivity contribution in [2.24, 2.45) is 10.7 Å². The molecule has 1 aromatic carbocycles. The Morgan fingerprint density at radius 2 is 2.07 bits per heavy atom. The first-order valence-corrected chi connectivity index (χ1v) is 9.63. The number of amides is 1. The highest BCUT2D eigenvalue weighted by Crippen LogP contribution is 2.19. The molecule has 0 unspecified atom stereocenters. The molecule has 1 aliphatic heterocycles. The average Bonchev–Trinajstić information content (AvgIpc) is 3.22. The quantitative estimate of drug-likeness (QED) is 0.494. The Morgan fingerprint density at radius 1 is 1.34 bits per heavy atom. The Labute approximate surface area is 169 Å². The van der Waals surface area contributed by atoms with E-state index in [1.54, 1.807) is 18.9 Å². The molecule has 1 fully saturated rings. The van der Waals surface area contributed by atoms with Crippen molar-refractivity contribution in [1.82, 2.24) is 25.4 Å². The van der Waals surface area contributed by atoms with Crippen molar-refractivity contribution >= 4 is 12.1 Å². The molecule has 0 bridgehead atoms. The van der Waals surface area contributed by atoms with Crippen molar-refractivity contribution in [3.63, 3.8) is 0 Å². The number of H-pyrrole nitrogens is 1. The van der Waals surface area contributed by atoms with E-state index in [1.807, 2.05) is 24.3 Å². The first-order chi connectivity index (χ1) is 14.1. The summed E-state index contributed by atoms with van der Waals surface area (Å²) in [5.74, 6) is 2.34. The van der Waals surface area contributed by atoms with Crippen molar-refractivity contribution in [3.05, 3.63) is 30.1 Å². The Morgan fingerprint density at radius 3 is 2.72 bits per heavy atom. The average molecular weight is 401 g/mol. The second-order valence-electron chi connectivity index (χ2n) is 6.64. The first-order valence-electron chi connectivity index (χ1n) is 9.63. The van der Waals surface area contributed by atoms with E-state index >= 15 is 0 Å². The lowest BCUT2D eigenvalue weighted by molar-refractivity contribution is 0.0963. The summed E-state index contributed by atoms with van der Waals surface area (Å²) in [6.45, 7) is 3.76. The first kappa shape index (κ1) is 20.4. The summed E-state index contributed by atoms with van der Waals surface area (Å²) >= 11 is 0. The van der Waals surface area contributed by atoms with Crippen molar-refractivity contribution in [2.45, 2.75) is 32.4 Å². The number of aliphatic imine (C=N–C) groups is 1. The number of aromatic amines is 1. The summed E-state index contributed by atoms with van der Waals surface area (Å²) in [6.07, 6.45) is 1.32. The van der Waals surface area contributed by atoms with E-state index in [1.165, 1.54) is 0 Å². The summed E-state index contributed by atoms with van der Waals surface area (Å²) in [7, 11) is 1.63. The number of methoxy groups -OCH3 is 1. The van der Waals surface area contributed by atoms with Gasteiger partial charge in [-0.15, -0.1) is 0 Å². The van der Waals surface area contributed by atoms with Crippen LogP contribution >= 0.6 is 0 Å². The van der Waals surface area contributed by atoms with Crippen molar-refractivity contribution in [1.29, 1.82) is 0 Å². The van der Waals surface area contributed by atoms with Gasteiger partial charge in [-0.3, -0.25) is 5.10 Å². The molecule has 0 radical (unpaired) electrons. The van der Waals surface area contributed by atoms with Crippen LogP contribution in [-0.4, -0.2) is 65.0 Å². The van der Waals surface area contributed by atoms with Crippen LogP contribution in [0.15, 0.2) is 29.3 Å². The number of aromatic nitrogens is 3. The SMILES string of the molecule is CCOC(=O)N1CCC(NC(N)=NCc2nc(-c3ccc(OC)cc3)n[nH]2)CC1. The van der Waals surface area contributed by atoms with E-state index < -0.39 is 0 Å². The van der Waals surface area contributed by atoms with Crippen LogP contribution in [0.25, 0.3) is 11.4 Å². The zero-order valence-corrected chi connectivity index (χ0v) is 16.7. The van der Waals surface area contributed by atoms with Gasteiger partial charge in [-0.05, 0) is 44.0 Å². The van der Waals surface area contributed by atoms with Gasteiger partial charge in [0.05, 0.1) is 13.7 Å². The summed E-state index contributed by atoms with van der Waals surface area (Å²) in [6, 6.07) is 7.69.